The quantitative estimate of drug-likeness (QED) is 0.923. The highest BCUT2D eigenvalue weighted by molar-refractivity contribution is 7.15. The van der Waals surface area contributed by atoms with E-state index in [0.717, 1.165) is 15.4 Å². The van der Waals surface area contributed by atoms with Gasteiger partial charge in [-0.05, 0) is 32.9 Å². The lowest BCUT2D eigenvalue weighted by Gasteiger charge is -2.17. The van der Waals surface area contributed by atoms with Gasteiger partial charge < -0.3 is 5.11 Å². The molecule has 5 heteroatoms. The molecule has 0 atom stereocenters. The van der Waals surface area contributed by atoms with E-state index in [4.69, 9.17) is 0 Å². The summed E-state index contributed by atoms with van der Waals surface area (Å²) in [6.45, 7) is 5.25. The van der Waals surface area contributed by atoms with Crippen LogP contribution in [0, 0.1) is 6.92 Å². The van der Waals surface area contributed by atoms with Gasteiger partial charge in [0, 0.05) is 22.8 Å². The molecule has 0 spiro atoms. The monoisotopic (exact) mass is 262 g/mol. The molecule has 2 aromatic rings. The smallest absolute Gasteiger partial charge is 0.315 e. The minimum atomic E-state index is -0.966. The normalized spacial score (nSPS) is 11.5. The number of hydrogen-bond donors (Lipinski definition) is 1. The Labute approximate surface area is 109 Å². The van der Waals surface area contributed by atoms with Gasteiger partial charge in [0.2, 0.25) is 0 Å². The Hall–Kier alpha value is -1.75. The van der Waals surface area contributed by atoms with Crippen LogP contribution >= 0.6 is 11.3 Å². The van der Waals surface area contributed by atoms with Crippen LogP contribution in [0.25, 0.3) is 10.6 Å². The maximum atomic E-state index is 11.3. The van der Waals surface area contributed by atoms with Crippen LogP contribution in [-0.4, -0.2) is 21.0 Å². The van der Waals surface area contributed by atoms with Gasteiger partial charge in [-0.15, -0.1) is 11.3 Å². The zero-order chi connectivity index (χ0) is 13.3. The molecule has 1 N–H and O–H groups in total. The number of nitrogens with zero attached hydrogens (tertiary/aromatic N) is 2. The molecule has 0 unspecified atom stereocenters. The molecule has 94 valence electrons. The molecular weight excluding hydrogens is 248 g/mol. The van der Waals surface area contributed by atoms with Crippen LogP contribution in [0.3, 0.4) is 0 Å². The zero-order valence-electron chi connectivity index (χ0n) is 10.5. The van der Waals surface area contributed by atoms with Crippen molar-refractivity contribution in [3.63, 3.8) is 0 Å². The van der Waals surface area contributed by atoms with Crippen molar-refractivity contribution in [3.05, 3.63) is 35.1 Å². The fraction of sp³-hybridized carbons (Fsp3) is 0.308. The number of aryl methyl sites for hydroxylation is 1. The standard InChI is InChI=1S/C13H14N2O2S/c1-8-10(13(2,3)12(16)17)15-11(18-8)9-4-6-14-7-5-9/h4-7H,1-3H3,(H,16,17). The summed E-state index contributed by atoms with van der Waals surface area (Å²) in [5.74, 6) is -0.864. The van der Waals surface area contributed by atoms with Gasteiger partial charge in [0.05, 0.1) is 5.69 Å². The van der Waals surface area contributed by atoms with Crippen LogP contribution in [0.5, 0.6) is 0 Å². The molecule has 2 rings (SSSR count). The lowest BCUT2D eigenvalue weighted by molar-refractivity contribution is -0.142. The molecule has 0 radical (unpaired) electrons. The Balaban J connectivity index is 2.49. The second-order valence-electron chi connectivity index (χ2n) is 4.59. The molecule has 0 aromatic carbocycles. The molecule has 0 aliphatic heterocycles. The van der Waals surface area contributed by atoms with Gasteiger partial charge in [-0.25, -0.2) is 4.98 Å². The summed E-state index contributed by atoms with van der Waals surface area (Å²) in [4.78, 5) is 20.7. The minimum Gasteiger partial charge on any atom is -0.481 e. The summed E-state index contributed by atoms with van der Waals surface area (Å²) >= 11 is 1.51. The van der Waals surface area contributed by atoms with Crippen molar-refractivity contribution in [2.45, 2.75) is 26.2 Å². The Morgan fingerprint density at radius 2 is 1.94 bits per heavy atom. The first-order chi connectivity index (χ1) is 8.43. The first-order valence-electron chi connectivity index (χ1n) is 5.54. The van der Waals surface area contributed by atoms with Gasteiger partial charge in [0.1, 0.15) is 10.4 Å². The summed E-state index contributed by atoms with van der Waals surface area (Å²) in [5.41, 5.74) is 0.628. The molecule has 0 bridgehead atoms. The molecule has 4 nitrogen and oxygen atoms in total. The van der Waals surface area contributed by atoms with Gasteiger partial charge >= 0.3 is 5.97 Å². The number of carboxylic acids is 1. The molecule has 0 amide bonds. The van der Waals surface area contributed by atoms with E-state index in [2.05, 4.69) is 9.97 Å². The number of aliphatic carboxylic acids is 1. The van der Waals surface area contributed by atoms with E-state index in [1.165, 1.54) is 11.3 Å². The number of rotatable bonds is 3. The number of aromatic nitrogens is 2. The van der Waals surface area contributed by atoms with Crippen molar-refractivity contribution in [1.82, 2.24) is 9.97 Å². The van der Waals surface area contributed by atoms with E-state index >= 15 is 0 Å². The summed E-state index contributed by atoms with van der Waals surface area (Å²) in [5, 5.41) is 10.1. The molecule has 0 saturated heterocycles. The second kappa shape index (κ2) is 4.49. The van der Waals surface area contributed by atoms with E-state index in [0.29, 0.717) is 5.69 Å². The van der Waals surface area contributed by atoms with Crippen molar-refractivity contribution in [2.75, 3.05) is 0 Å². The van der Waals surface area contributed by atoms with Crippen LogP contribution in [0.1, 0.15) is 24.4 Å². The Morgan fingerprint density at radius 1 is 1.33 bits per heavy atom. The largest absolute Gasteiger partial charge is 0.481 e. The molecule has 0 fully saturated rings. The average Bonchev–Trinajstić information content (AvgIpc) is 2.73. The van der Waals surface area contributed by atoms with E-state index in [1.54, 1.807) is 26.2 Å². The predicted molar refractivity (Wildman–Crippen MR) is 70.7 cm³/mol. The maximum Gasteiger partial charge on any atom is 0.315 e. The minimum absolute atomic E-state index is 0.631. The van der Waals surface area contributed by atoms with Crippen LogP contribution in [-0.2, 0) is 10.2 Å². The van der Waals surface area contributed by atoms with Gasteiger partial charge in [-0.1, -0.05) is 0 Å². The zero-order valence-corrected chi connectivity index (χ0v) is 11.3. The number of thiazole rings is 1. The molecule has 0 aliphatic carbocycles. The van der Waals surface area contributed by atoms with E-state index in [-0.39, 0.29) is 0 Å². The lowest BCUT2D eigenvalue weighted by Crippen LogP contribution is -2.29. The van der Waals surface area contributed by atoms with Crippen LogP contribution < -0.4 is 0 Å². The first-order valence-corrected chi connectivity index (χ1v) is 6.36. The maximum absolute atomic E-state index is 11.3. The summed E-state index contributed by atoms with van der Waals surface area (Å²) in [6.07, 6.45) is 3.40. The van der Waals surface area contributed by atoms with Crippen molar-refractivity contribution in [2.24, 2.45) is 0 Å². The predicted octanol–water partition coefficient (Wildman–Crippen LogP) is 2.88. The number of carboxylic acid groups (broad SMARTS) is 1. The van der Waals surface area contributed by atoms with Crippen LogP contribution in [0.4, 0.5) is 0 Å². The molecule has 2 heterocycles. The Bertz CT molecular complexity index is 576. The molecule has 2 aromatic heterocycles. The molecule has 0 saturated carbocycles. The second-order valence-corrected chi connectivity index (χ2v) is 5.79. The third kappa shape index (κ3) is 2.13. The average molecular weight is 262 g/mol. The van der Waals surface area contributed by atoms with Crippen molar-refractivity contribution >= 4 is 17.3 Å². The van der Waals surface area contributed by atoms with Gasteiger partial charge in [0.15, 0.2) is 0 Å². The van der Waals surface area contributed by atoms with Gasteiger partial charge in [-0.2, -0.15) is 0 Å². The molecular formula is C13H14N2O2S. The van der Waals surface area contributed by atoms with Crippen LogP contribution in [0.2, 0.25) is 0 Å². The number of carbonyl (C=O) groups is 1. The highest BCUT2D eigenvalue weighted by atomic mass is 32.1. The fourth-order valence-electron chi connectivity index (χ4n) is 1.70. The van der Waals surface area contributed by atoms with Gasteiger partial charge in [-0.3, -0.25) is 9.78 Å². The third-order valence-electron chi connectivity index (χ3n) is 2.85. The lowest BCUT2D eigenvalue weighted by atomic mass is 9.89. The summed E-state index contributed by atoms with van der Waals surface area (Å²) < 4.78 is 0. The van der Waals surface area contributed by atoms with Crippen molar-refractivity contribution < 1.29 is 9.90 Å². The van der Waals surface area contributed by atoms with E-state index < -0.39 is 11.4 Å². The highest BCUT2D eigenvalue weighted by Gasteiger charge is 2.34. The van der Waals surface area contributed by atoms with Crippen molar-refractivity contribution in [3.8, 4) is 10.6 Å². The topological polar surface area (TPSA) is 63.1 Å². The molecule has 18 heavy (non-hydrogen) atoms. The number of pyridine rings is 1. The number of hydrogen-bond acceptors (Lipinski definition) is 4. The summed E-state index contributed by atoms with van der Waals surface area (Å²) in [6, 6.07) is 3.74. The Morgan fingerprint density at radius 3 is 2.50 bits per heavy atom. The highest BCUT2D eigenvalue weighted by Crippen LogP contribution is 2.33. The third-order valence-corrected chi connectivity index (χ3v) is 3.87. The van der Waals surface area contributed by atoms with Gasteiger partial charge in [0.25, 0.3) is 0 Å². The molecule has 0 aliphatic rings. The van der Waals surface area contributed by atoms with E-state index in [9.17, 15) is 9.90 Å². The fourth-order valence-corrected chi connectivity index (χ4v) is 2.77. The first kappa shape index (κ1) is 12.7. The SMILES string of the molecule is Cc1sc(-c2ccncc2)nc1C(C)(C)C(=O)O. The summed E-state index contributed by atoms with van der Waals surface area (Å²) in [7, 11) is 0. The van der Waals surface area contributed by atoms with Crippen molar-refractivity contribution in [1.29, 1.82) is 0 Å². The Kier molecular flexibility index (Phi) is 3.17. The van der Waals surface area contributed by atoms with E-state index in [1.807, 2.05) is 19.1 Å². The van der Waals surface area contributed by atoms with Crippen LogP contribution in [0.15, 0.2) is 24.5 Å².